The number of rotatable bonds is 10. The van der Waals surface area contributed by atoms with Gasteiger partial charge in [-0.15, -0.1) is 0 Å². The molecule has 2 aliphatic rings. The minimum Gasteiger partial charge on any atom is -0.394 e. The van der Waals surface area contributed by atoms with Gasteiger partial charge in [-0.25, -0.2) is 0 Å². The van der Waals surface area contributed by atoms with E-state index in [0.717, 1.165) is 0 Å². The minimum atomic E-state index is -1.93. The van der Waals surface area contributed by atoms with Crippen LogP contribution in [0.4, 0.5) is 0 Å². The summed E-state index contributed by atoms with van der Waals surface area (Å²) in [7, 11) is 0. The molecule has 0 aromatic rings. The van der Waals surface area contributed by atoms with Crippen molar-refractivity contribution >= 4 is 5.78 Å². The summed E-state index contributed by atoms with van der Waals surface area (Å²) in [6.45, 7) is -1.08. The zero-order valence-electron chi connectivity index (χ0n) is 17.8. The number of ketones is 1. The molecule has 0 aromatic heterocycles. The average molecular weight is 483 g/mol. The molecule has 1 aliphatic carbocycles. The van der Waals surface area contributed by atoms with Crippen LogP contribution < -0.4 is 5.32 Å². The molecule has 14 nitrogen and oxygen atoms in total. The highest BCUT2D eigenvalue weighted by atomic mass is 16.7. The lowest BCUT2D eigenvalue weighted by Crippen LogP contribution is -2.67. The van der Waals surface area contributed by atoms with Crippen LogP contribution in [0.15, 0.2) is 11.6 Å². The van der Waals surface area contributed by atoms with Gasteiger partial charge in [0.25, 0.3) is 0 Å². The first-order valence-electron chi connectivity index (χ1n) is 10.4. The fourth-order valence-electron chi connectivity index (χ4n) is 3.80. The van der Waals surface area contributed by atoms with E-state index in [1.807, 2.05) is 0 Å². The number of Topliss-reactive ketones (excluding diaryl/α,β-unsaturated/α-hetero) is 1. The molecule has 14 heteroatoms. The van der Waals surface area contributed by atoms with Gasteiger partial charge in [-0.3, -0.25) is 4.79 Å². The van der Waals surface area contributed by atoms with Crippen molar-refractivity contribution in [2.24, 2.45) is 0 Å². The van der Waals surface area contributed by atoms with Gasteiger partial charge in [0.1, 0.15) is 48.8 Å². The van der Waals surface area contributed by atoms with E-state index in [1.54, 1.807) is 0 Å². The predicted octanol–water partition coefficient (Wildman–Crippen LogP) is -6.54. The molecule has 0 spiro atoms. The van der Waals surface area contributed by atoms with Crippen LogP contribution in [0.3, 0.4) is 0 Å². The number of hydrogen-bond donors (Lipinski definition) is 11. The van der Waals surface area contributed by atoms with Crippen LogP contribution in [0.2, 0.25) is 0 Å². The Hall–Kier alpha value is -1.11. The van der Waals surface area contributed by atoms with Gasteiger partial charge in [-0.2, -0.15) is 0 Å². The van der Waals surface area contributed by atoms with Gasteiger partial charge in [-0.1, -0.05) is 6.08 Å². The highest BCUT2D eigenvalue weighted by Gasteiger charge is 2.48. The summed E-state index contributed by atoms with van der Waals surface area (Å²) in [4.78, 5) is 12.2. The SMILES string of the molecule is C[C@H]1OC(O[C@@H](C(=O)[C@@H](O)CO)C(O)CO)C(O)[C@@H](O)C1NC1C=C(CO)C(O)C(O)C1O. The Morgan fingerprint density at radius 2 is 1.67 bits per heavy atom. The topological polar surface area (TPSA) is 250 Å². The second kappa shape index (κ2) is 12.0. The second-order valence-corrected chi connectivity index (χ2v) is 8.14. The summed E-state index contributed by atoms with van der Waals surface area (Å²) in [5.74, 6) is -1.18. The van der Waals surface area contributed by atoms with Crippen LogP contribution >= 0.6 is 0 Å². The highest BCUT2D eigenvalue weighted by Crippen LogP contribution is 2.27. The lowest BCUT2D eigenvalue weighted by atomic mass is 9.86. The molecular weight excluding hydrogens is 450 g/mol. The van der Waals surface area contributed by atoms with Crippen LogP contribution in [0.25, 0.3) is 0 Å². The fraction of sp³-hybridized carbons (Fsp3) is 0.842. The van der Waals surface area contributed by atoms with Crippen LogP contribution in [-0.2, 0) is 14.3 Å². The van der Waals surface area contributed by atoms with E-state index >= 15 is 0 Å². The maximum Gasteiger partial charge on any atom is 0.195 e. The molecule has 0 aromatic carbocycles. The standard InChI is InChI=1S/C19H33NO13/c1-6-11(20-8-2-7(3-21)12(26)16(30)13(8)27)15(29)17(31)19(32-6)33-18(10(25)5-23)14(28)9(24)4-22/h2,6,8-13,15-27,29-31H,3-5H2,1H3/t6-,8?,9+,10?,11?,12?,13?,15+,16?,17?,18-,19?/m1/s1. The molecule has 0 amide bonds. The number of carbonyl (C=O) groups is 1. The van der Waals surface area contributed by atoms with Crippen LogP contribution in [-0.4, -0.2) is 150 Å². The fourth-order valence-corrected chi connectivity index (χ4v) is 3.80. The molecular formula is C19H33NO13. The van der Waals surface area contributed by atoms with Crippen molar-refractivity contribution < 1.29 is 65.3 Å². The van der Waals surface area contributed by atoms with Gasteiger partial charge in [0, 0.05) is 0 Å². The van der Waals surface area contributed by atoms with Gasteiger partial charge < -0.3 is 65.9 Å². The zero-order chi connectivity index (χ0) is 25.0. The van der Waals surface area contributed by atoms with Crippen LogP contribution in [0.5, 0.6) is 0 Å². The Morgan fingerprint density at radius 3 is 2.21 bits per heavy atom. The van der Waals surface area contributed by atoms with Crippen LogP contribution in [0.1, 0.15) is 6.92 Å². The third-order valence-electron chi connectivity index (χ3n) is 5.83. The number of aliphatic hydroxyl groups is 10. The van der Waals surface area contributed by atoms with E-state index in [4.69, 9.17) is 19.7 Å². The molecule has 192 valence electrons. The lowest BCUT2D eigenvalue weighted by molar-refractivity contribution is -0.291. The van der Waals surface area contributed by atoms with E-state index < -0.39 is 98.9 Å². The van der Waals surface area contributed by atoms with Crippen molar-refractivity contribution in [1.29, 1.82) is 0 Å². The number of aliphatic hydroxyl groups excluding tert-OH is 10. The third-order valence-corrected chi connectivity index (χ3v) is 5.83. The molecule has 12 atom stereocenters. The number of ether oxygens (including phenoxy) is 2. The number of carbonyl (C=O) groups excluding carboxylic acids is 1. The third kappa shape index (κ3) is 6.12. The Bertz CT molecular complexity index is 678. The summed E-state index contributed by atoms with van der Waals surface area (Å²) < 4.78 is 10.7. The Balaban J connectivity index is 2.16. The summed E-state index contributed by atoms with van der Waals surface area (Å²) >= 11 is 0. The minimum absolute atomic E-state index is 0.0349. The second-order valence-electron chi connectivity index (χ2n) is 8.14. The van der Waals surface area contributed by atoms with Gasteiger partial charge >= 0.3 is 0 Å². The Labute approximate surface area is 188 Å². The van der Waals surface area contributed by atoms with Crippen molar-refractivity contribution in [3.05, 3.63) is 11.6 Å². The molecule has 1 saturated heterocycles. The molecule has 8 unspecified atom stereocenters. The van der Waals surface area contributed by atoms with Gasteiger partial charge in [0.2, 0.25) is 0 Å². The summed E-state index contributed by atoms with van der Waals surface area (Å²) in [5.41, 5.74) is 0.0349. The molecule has 1 aliphatic heterocycles. The van der Waals surface area contributed by atoms with Crippen molar-refractivity contribution in [2.45, 2.75) is 80.2 Å². The summed E-state index contributed by atoms with van der Waals surface area (Å²) in [6, 6.07) is -2.12. The zero-order valence-corrected chi connectivity index (χ0v) is 17.8. The van der Waals surface area contributed by atoms with Crippen molar-refractivity contribution in [3.63, 3.8) is 0 Å². The largest absolute Gasteiger partial charge is 0.394 e. The van der Waals surface area contributed by atoms with Gasteiger partial charge in [0.05, 0.1) is 38.0 Å². The maximum absolute atomic E-state index is 12.2. The average Bonchev–Trinajstić information content (AvgIpc) is 2.81. The summed E-state index contributed by atoms with van der Waals surface area (Å²) in [5, 5.41) is 101. The monoisotopic (exact) mass is 483 g/mol. The first-order valence-corrected chi connectivity index (χ1v) is 10.4. The predicted molar refractivity (Wildman–Crippen MR) is 106 cm³/mol. The first kappa shape index (κ1) is 28.1. The van der Waals surface area contributed by atoms with Gasteiger partial charge in [-0.05, 0) is 12.5 Å². The quantitative estimate of drug-likeness (QED) is 0.129. The molecule has 1 heterocycles. The van der Waals surface area contributed by atoms with E-state index in [1.165, 1.54) is 13.0 Å². The lowest BCUT2D eigenvalue weighted by Gasteiger charge is -2.45. The van der Waals surface area contributed by atoms with E-state index in [9.17, 15) is 45.6 Å². The Morgan fingerprint density at radius 1 is 1.03 bits per heavy atom. The molecule has 11 N–H and O–H groups in total. The van der Waals surface area contributed by atoms with E-state index in [2.05, 4.69) is 5.32 Å². The molecule has 2 rings (SSSR count). The maximum atomic E-state index is 12.2. The van der Waals surface area contributed by atoms with Crippen molar-refractivity contribution in [2.75, 3.05) is 19.8 Å². The highest BCUT2D eigenvalue weighted by molar-refractivity contribution is 5.87. The molecule has 0 radical (unpaired) electrons. The molecule has 0 bridgehead atoms. The smallest absolute Gasteiger partial charge is 0.195 e. The first-order chi connectivity index (χ1) is 15.5. The van der Waals surface area contributed by atoms with Gasteiger partial charge in [0.15, 0.2) is 12.1 Å². The number of nitrogens with one attached hydrogen (secondary N) is 1. The van der Waals surface area contributed by atoms with E-state index in [0.29, 0.717) is 0 Å². The number of hydrogen-bond acceptors (Lipinski definition) is 14. The molecule has 1 fully saturated rings. The van der Waals surface area contributed by atoms with Crippen LogP contribution in [0, 0.1) is 0 Å². The van der Waals surface area contributed by atoms with E-state index in [-0.39, 0.29) is 5.57 Å². The van der Waals surface area contributed by atoms with Crippen molar-refractivity contribution in [1.82, 2.24) is 5.32 Å². The molecule has 0 saturated carbocycles. The van der Waals surface area contributed by atoms with Crippen molar-refractivity contribution in [3.8, 4) is 0 Å². The Kier molecular flexibility index (Phi) is 10.3. The normalized spacial score (nSPS) is 40.1. The molecule has 33 heavy (non-hydrogen) atoms. The summed E-state index contributed by atoms with van der Waals surface area (Å²) in [6.07, 6.45) is -15.1.